The molecule has 0 radical (unpaired) electrons. The maximum atomic E-state index is 11.8. The van der Waals surface area contributed by atoms with Crippen LogP contribution in [0.5, 0.6) is 0 Å². The van der Waals surface area contributed by atoms with E-state index >= 15 is 0 Å². The predicted octanol–water partition coefficient (Wildman–Crippen LogP) is 2.53. The average Bonchev–Trinajstić information content (AvgIpc) is 2.91. The lowest BCUT2D eigenvalue weighted by Gasteiger charge is -2.15. The van der Waals surface area contributed by atoms with Gasteiger partial charge in [-0.2, -0.15) is 9.38 Å². The molecule has 1 amide bonds. The first kappa shape index (κ1) is 15.8. The normalized spacial score (nSPS) is 12.0. The molecule has 24 heavy (non-hydrogen) atoms. The molecule has 0 fully saturated rings. The Morgan fingerprint density at radius 1 is 1.29 bits per heavy atom. The Morgan fingerprint density at radius 3 is 2.62 bits per heavy atom. The summed E-state index contributed by atoms with van der Waals surface area (Å²) in [5, 5.41) is 14.7. The summed E-state index contributed by atoms with van der Waals surface area (Å²) in [5.41, 5.74) is 6.34. The summed E-state index contributed by atoms with van der Waals surface area (Å²) in [7, 11) is 0. The molecule has 3 rings (SSSR count). The van der Waals surface area contributed by atoms with Crippen molar-refractivity contribution < 1.29 is 9.72 Å². The van der Waals surface area contributed by atoms with Crippen LogP contribution in [0.4, 0.5) is 11.6 Å². The third-order valence-corrected chi connectivity index (χ3v) is 3.70. The third-order valence-electron chi connectivity index (χ3n) is 3.45. The van der Waals surface area contributed by atoms with Crippen LogP contribution in [0.3, 0.4) is 0 Å². The van der Waals surface area contributed by atoms with Gasteiger partial charge >= 0.3 is 5.82 Å². The van der Waals surface area contributed by atoms with E-state index < -0.39 is 16.9 Å². The second-order valence-corrected chi connectivity index (χ2v) is 5.44. The van der Waals surface area contributed by atoms with E-state index in [0.29, 0.717) is 16.2 Å². The first-order valence-electron chi connectivity index (χ1n) is 6.90. The van der Waals surface area contributed by atoms with Crippen LogP contribution in [0.1, 0.15) is 11.6 Å². The molecule has 0 bridgehead atoms. The predicted molar refractivity (Wildman–Crippen MR) is 88.9 cm³/mol. The van der Waals surface area contributed by atoms with Crippen LogP contribution >= 0.6 is 11.6 Å². The van der Waals surface area contributed by atoms with E-state index in [1.807, 2.05) is 0 Å². The standard InChI is InChI=1S/C15H12ClN5O3/c16-10-6-4-9(5-7-10)12(13(17)22)19-14-15(21(23)24)20-8-2-1-3-11(20)18-14/h1-8,12,19H,(H2,17,22)/t12-/m0/s1. The zero-order valence-electron chi connectivity index (χ0n) is 12.2. The number of imidazole rings is 1. The highest BCUT2D eigenvalue weighted by molar-refractivity contribution is 6.30. The number of carbonyl (C=O) groups is 1. The number of halogens is 1. The summed E-state index contributed by atoms with van der Waals surface area (Å²) in [6, 6.07) is 10.4. The molecule has 0 aliphatic rings. The number of fused-ring (bicyclic) bond motifs is 1. The highest BCUT2D eigenvalue weighted by atomic mass is 35.5. The van der Waals surface area contributed by atoms with Crippen LogP contribution in [-0.4, -0.2) is 20.2 Å². The van der Waals surface area contributed by atoms with Gasteiger partial charge in [-0.1, -0.05) is 29.8 Å². The number of pyridine rings is 1. The van der Waals surface area contributed by atoms with Crippen molar-refractivity contribution in [2.24, 2.45) is 5.73 Å². The van der Waals surface area contributed by atoms with Gasteiger partial charge in [0.25, 0.3) is 0 Å². The molecule has 0 saturated heterocycles. The largest absolute Gasteiger partial charge is 0.372 e. The second-order valence-electron chi connectivity index (χ2n) is 5.00. The van der Waals surface area contributed by atoms with Gasteiger partial charge in [0, 0.05) is 11.1 Å². The van der Waals surface area contributed by atoms with E-state index in [1.165, 1.54) is 10.6 Å². The molecule has 2 aromatic heterocycles. The van der Waals surface area contributed by atoms with Crippen molar-refractivity contribution in [2.45, 2.75) is 6.04 Å². The van der Waals surface area contributed by atoms with Crippen LogP contribution in [0.15, 0.2) is 48.7 Å². The van der Waals surface area contributed by atoms with E-state index in [2.05, 4.69) is 10.3 Å². The lowest BCUT2D eigenvalue weighted by molar-refractivity contribution is -0.389. The van der Waals surface area contributed by atoms with Gasteiger partial charge < -0.3 is 21.2 Å². The zero-order valence-corrected chi connectivity index (χ0v) is 13.0. The van der Waals surface area contributed by atoms with E-state index in [4.69, 9.17) is 17.3 Å². The first-order chi connectivity index (χ1) is 11.5. The van der Waals surface area contributed by atoms with Crippen LogP contribution in [0.2, 0.25) is 5.02 Å². The Bertz CT molecular complexity index is 923. The maximum Gasteiger partial charge on any atom is 0.372 e. The van der Waals surface area contributed by atoms with Gasteiger partial charge in [-0.05, 0) is 28.7 Å². The Balaban J connectivity index is 2.06. The lowest BCUT2D eigenvalue weighted by atomic mass is 10.1. The molecule has 0 unspecified atom stereocenters. The Kier molecular flexibility index (Phi) is 4.05. The van der Waals surface area contributed by atoms with Crippen LogP contribution in [-0.2, 0) is 4.79 Å². The molecule has 1 aromatic carbocycles. The summed E-state index contributed by atoms with van der Waals surface area (Å²) in [6.07, 6.45) is 1.52. The number of aromatic nitrogens is 2. The number of nitrogens with zero attached hydrogens (tertiary/aromatic N) is 3. The number of amides is 1. The summed E-state index contributed by atoms with van der Waals surface area (Å²) < 4.78 is 1.32. The number of primary amides is 1. The van der Waals surface area contributed by atoms with Gasteiger partial charge in [-0.15, -0.1) is 0 Å². The Hall–Kier alpha value is -3.13. The van der Waals surface area contributed by atoms with Gasteiger partial charge in [0.15, 0.2) is 0 Å². The van der Waals surface area contributed by atoms with Crippen molar-refractivity contribution >= 4 is 34.8 Å². The van der Waals surface area contributed by atoms with Crippen molar-refractivity contribution in [1.29, 1.82) is 0 Å². The van der Waals surface area contributed by atoms with Crippen LogP contribution < -0.4 is 11.1 Å². The fraction of sp³-hybridized carbons (Fsp3) is 0.0667. The quantitative estimate of drug-likeness (QED) is 0.544. The highest BCUT2D eigenvalue weighted by Gasteiger charge is 2.27. The summed E-state index contributed by atoms with van der Waals surface area (Å²) in [6.45, 7) is 0. The van der Waals surface area contributed by atoms with Crippen molar-refractivity contribution in [3.05, 3.63) is 69.4 Å². The Morgan fingerprint density at radius 2 is 2.00 bits per heavy atom. The second kappa shape index (κ2) is 6.17. The average molecular weight is 346 g/mol. The molecule has 0 aliphatic carbocycles. The van der Waals surface area contributed by atoms with Crippen molar-refractivity contribution in [3.8, 4) is 0 Å². The van der Waals surface area contributed by atoms with Gasteiger partial charge in [-0.25, -0.2) is 0 Å². The minimum absolute atomic E-state index is 0.0371. The monoisotopic (exact) mass is 345 g/mol. The Labute approximate surface area is 141 Å². The molecule has 3 aromatic rings. The molecule has 3 N–H and O–H groups in total. The van der Waals surface area contributed by atoms with Crippen molar-refractivity contribution in [2.75, 3.05) is 5.32 Å². The zero-order chi connectivity index (χ0) is 17.3. The van der Waals surface area contributed by atoms with E-state index in [-0.39, 0.29) is 11.6 Å². The number of rotatable bonds is 5. The summed E-state index contributed by atoms with van der Waals surface area (Å²) in [4.78, 5) is 26.8. The molecule has 0 saturated carbocycles. The first-order valence-corrected chi connectivity index (χ1v) is 7.28. The molecule has 2 heterocycles. The van der Waals surface area contributed by atoms with Gasteiger partial charge in [0.05, 0.1) is 6.20 Å². The third kappa shape index (κ3) is 2.86. The van der Waals surface area contributed by atoms with E-state index in [1.54, 1.807) is 42.5 Å². The van der Waals surface area contributed by atoms with Gasteiger partial charge in [-0.3, -0.25) is 4.79 Å². The number of nitro groups is 1. The molecule has 122 valence electrons. The minimum Gasteiger partial charge on any atom is -0.368 e. The number of nitrogens with two attached hydrogens (primary N) is 1. The SMILES string of the molecule is NC(=O)[C@@H](Nc1nc2ccccn2c1[N+](=O)[O-])c1ccc(Cl)cc1. The molecule has 0 spiro atoms. The number of anilines is 1. The fourth-order valence-electron chi connectivity index (χ4n) is 2.36. The number of nitrogens with one attached hydrogen (secondary N) is 1. The van der Waals surface area contributed by atoms with Gasteiger partial charge in [0.1, 0.15) is 6.04 Å². The number of hydrogen-bond acceptors (Lipinski definition) is 5. The van der Waals surface area contributed by atoms with E-state index in [0.717, 1.165) is 0 Å². The van der Waals surface area contributed by atoms with Crippen LogP contribution in [0.25, 0.3) is 5.65 Å². The topological polar surface area (TPSA) is 116 Å². The maximum absolute atomic E-state index is 11.8. The number of hydrogen-bond donors (Lipinski definition) is 2. The number of benzene rings is 1. The fourth-order valence-corrected chi connectivity index (χ4v) is 2.49. The van der Waals surface area contributed by atoms with Gasteiger partial charge in [0.2, 0.25) is 17.4 Å². The molecule has 0 aliphatic heterocycles. The van der Waals surface area contributed by atoms with Crippen molar-refractivity contribution in [3.63, 3.8) is 0 Å². The molecule has 8 nitrogen and oxygen atoms in total. The highest BCUT2D eigenvalue weighted by Crippen LogP contribution is 2.29. The molecular formula is C15H12ClN5O3. The minimum atomic E-state index is -0.981. The lowest BCUT2D eigenvalue weighted by Crippen LogP contribution is -2.28. The molecule has 1 atom stereocenters. The van der Waals surface area contributed by atoms with Crippen LogP contribution in [0, 0.1) is 10.1 Å². The summed E-state index contributed by atoms with van der Waals surface area (Å²) >= 11 is 5.83. The smallest absolute Gasteiger partial charge is 0.368 e. The molecule has 9 heteroatoms. The summed E-state index contributed by atoms with van der Waals surface area (Å²) in [5.74, 6) is -1.00. The molecular weight excluding hydrogens is 334 g/mol. The van der Waals surface area contributed by atoms with E-state index in [9.17, 15) is 14.9 Å². The number of carbonyl (C=O) groups excluding carboxylic acids is 1. The van der Waals surface area contributed by atoms with Crippen molar-refractivity contribution in [1.82, 2.24) is 9.38 Å².